The van der Waals surface area contributed by atoms with E-state index in [9.17, 15) is 13.2 Å². The van der Waals surface area contributed by atoms with Crippen molar-refractivity contribution in [2.75, 3.05) is 0 Å². The van der Waals surface area contributed by atoms with Crippen molar-refractivity contribution in [2.24, 2.45) is 5.41 Å². The van der Waals surface area contributed by atoms with E-state index in [0.29, 0.717) is 0 Å². The number of aliphatic carboxylic acids is 1. The molecule has 108 valence electrons. The highest BCUT2D eigenvalue weighted by atomic mass is 35.5. The van der Waals surface area contributed by atoms with Gasteiger partial charge in [0.1, 0.15) is 15.3 Å². The predicted molar refractivity (Wildman–Crippen MR) is 75.5 cm³/mol. The van der Waals surface area contributed by atoms with Gasteiger partial charge in [0, 0.05) is 0 Å². The van der Waals surface area contributed by atoms with Gasteiger partial charge in [-0.2, -0.15) is 4.72 Å². The maximum Gasteiger partial charge on any atom is 0.322 e. The molecule has 0 radical (unpaired) electrons. The quantitative estimate of drug-likeness (QED) is 0.878. The second kappa shape index (κ2) is 5.57. The molecule has 0 bridgehead atoms. The molecule has 1 atom stereocenters. The maximum atomic E-state index is 12.1. The molecule has 1 aromatic heterocycles. The van der Waals surface area contributed by atoms with Crippen LogP contribution >= 0.6 is 34.5 Å². The Labute approximate surface area is 125 Å². The van der Waals surface area contributed by atoms with E-state index >= 15 is 0 Å². The van der Waals surface area contributed by atoms with Crippen LogP contribution in [0.15, 0.2) is 11.0 Å². The lowest BCUT2D eigenvalue weighted by Crippen LogP contribution is -2.48. The summed E-state index contributed by atoms with van der Waals surface area (Å²) in [6, 6.07) is -0.0782. The van der Waals surface area contributed by atoms with E-state index in [-0.39, 0.29) is 13.6 Å². The molecule has 0 aromatic carbocycles. The molecule has 1 rings (SSSR count). The lowest BCUT2D eigenvalue weighted by atomic mass is 9.88. The number of rotatable bonds is 4. The molecular weight excluding hydrogens is 333 g/mol. The minimum Gasteiger partial charge on any atom is -0.480 e. The van der Waals surface area contributed by atoms with Crippen LogP contribution in [0, 0.1) is 5.41 Å². The largest absolute Gasteiger partial charge is 0.480 e. The van der Waals surface area contributed by atoms with E-state index in [1.807, 2.05) is 0 Å². The molecule has 1 aromatic rings. The summed E-state index contributed by atoms with van der Waals surface area (Å²) in [5.74, 6) is -1.26. The molecule has 0 aliphatic rings. The number of carboxylic acids is 1. The summed E-state index contributed by atoms with van der Waals surface area (Å²) in [4.78, 5) is 11.0. The third kappa shape index (κ3) is 4.06. The first-order valence-corrected chi connectivity index (χ1v) is 8.20. The summed E-state index contributed by atoms with van der Waals surface area (Å²) >= 11 is 12.4. The molecule has 0 aliphatic heterocycles. The van der Waals surface area contributed by atoms with Crippen LogP contribution in [0.5, 0.6) is 0 Å². The molecule has 0 spiro atoms. The molecule has 5 nitrogen and oxygen atoms in total. The van der Waals surface area contributed by atoms with Crippen LogP contribution in [0.4, 0.5) is 0 Å². The Morgan fingerprint density at radius 3 is 2.26 bits per heavy atom. The fourth-order valence-corrected chi connectivity index (χ4v) is 4.87. The number of sulfonamides is 1. The Hall–Kier alpha value is -0.340. The summed E-state index contributed by atoms with van der Waals surface area (Å²) < 4.78 is 26.6. The average molecular weight is 346 g/mol. The van der Waals surface area contributed by atoms with Gasteiger partial charge in [0.2, 0.25) is 10.0 Å². The summed E-state index contributed by atoms with van der Waals surface area (Å²) in [7, 11) is -4.03. The van der Waals surface area contributed by atoms with Crippen molar-refractivity contribution in [1.29, 1.82) is 0 Å². The molecule has 19 heavy (non-hydrogen) atoms. The zero-order valence-electron chi connectivity index (χ0n) is 10.4. The van der Waals surface area contributed by atoms with Gasteiger partial charge >= 0.3 is 5.97 Å². The molecule has 9 heteroatoms. The zero-order valence-corrected chi connectivity index (χ0v) is 13.5. The molecule has 0 fully saturated rings. The van der Waals surface area contributed by atoms with Crippen LogP contribution in [0.1, 0.15) is 20.8 Å². The monoisotopic (exact) mass is 345 g/mol. The lowest BCUT2D eigenvalue weighted by molar-refractivity contribution is -0.141. The molecule has 0 amide bonds. The van der Waals surface area contributed by atoms with Crippen molar-refractivity contribution in [2.45, 2.75) is 31.7 Å². The van der Waals surface area contributed by atoms with Crippen LogP contribution in [0.2, 0.25) is 8.67 Å². The van der Waals surface area contributed by atoms with E-state index in [2.05, 4.69) is 4.72 Å². The van der Waals surface area contributed by atoms with Crippen molar-refractivity contribution < 1.29 is 18.3 Å². The Morgan fingerprint density at radius 1 is 1.42 bits per heavy atom. The Bertz CT molecular complexity index is 589. The van der Waals surface area contributed by atoms with E-state index in [4.69, 9.17) is 28.3 Å². The smallest absolute Gasteiger partial charge is 0.322 e. The topological polar surface area (TPSA) is 83.5 Å². The second-order valence-electron chi connectivity index (χ2n) is 4.95. The highest BCUT2D eigenvalue weighted by molar-refractivity contribution is 7.89. The average Bonchev–Trinajstić information content (AvgIpc) is 2.53. The van der Waals surface area contributed by atoms with E-state index < -0.39 is 27.4 Å². The van der Waals surface area contributed by atoms with Crippen molar-refractivity contribution in [3.05, 3.63) is 14.7 Å². The van der Waals surface area contributed by atoms with Gasteiger partial charge in [-0.15, -0.1) is 11.3 Å². The summed E-state index contributed by atoms with van der Waals surface area (Å²) in [5, 5.41) is 9.11. The standard InChI is InChI=1S/C10H13Cl2NO4S2/c1-10(2,3)7(9(14)15)13-19(16,17)5-4-6(11)18-8(5)12/h4,7,13H,1-3H3,(H,14,15). The predicted octanol–water partition coefficient (Wildman–Crippen LogP) is 2.83. The summed E-state index contributed by atoms with van der Waals surface area (Å²) in [6.45, 7) is 4.86. The minimum absolute atomic E-state index is 0.00412. The van der Waals surface area contributed by atoms with Gasteiger partial charge in [0.15, 0.2) is 0 Å². The third-order valence-electron chi connectivity index (χ3n) is 2.30. The number of carboxylic acid groups (broad SMARTS) is 1. The third-order valence-corrected chi connectivity index (χ3v) is 5.48. The zero-order chi connectivity index (χ0) is 15.0. The van der Waals surface area contributed by atoms with Gasteiger partial charge < -0.3 is 5.11 Å². The van der Waals surface area contributed by atoms with Gasteiger partial charge in [0.05, 0.1) is 4.34 Å². The molecule has 1 heterocycles. The Kier molecular flexibility index (Phi) is 4.90. The highest BCUT2D eigenvalue weighted by Gasteiger charge is 2.36. The molecule has 1 unspecified atom stereocenters. The SMILES string of the molecule is CC(C)(C)C(NS(=O)(=O)c1cc(Cl)sc1Cl)C(=O)O. The molecule has 0 saturated carbocycles. The molecule has 2 N–H and O–H groups in total. The molecular formula is C10H13Cl2NO4S2. The first-order valence-electron chi connectivity index (χ1n) is 5.15. The van der Waals surface area contributed by atoms with Gasteiger partial charge in [-0.25, -0.2) is 8.42 Å². The summed E-state index contributed by atoms with van der Waals surface area (Å²) in [6.07, 6.45) is 0. The number of halogens is 2. The van der Waals surface area contributed by atoms with Gasteiger partial charge in [-0.3, -0.25) is 4.79 Å². The van der Waals surface area contributed by atoms with Crippen molar-refractivity contribution in [3.63, 3.8) is 0 Å². The number of nitrogens with one attached hydrogen (secondary N) is 1. The number of carbonyl (C=O) groups is 1. The van der Waals surface area contributed by atoms with E-state index in [0.717, 1.165) is 11.3 Å². The minimum atomic E-state index is -4.03. The van der Waals surface area contributed by atoms with Gasteiger partial charge in [-0.1, -0.05) is 44.0 Å². The number of thiophene rings is 1. The summed E-state index contributed by atoms with van der Waals surface area (Å²) in [5.41, 5.74) is -0.787. The highest BCUT2D eigenvalue weighted by Crippen LogP contribution is 2.34. The first-order chi connectivity index (χ1) is 8.45. The number of hydrogen-bond donors (Lipinski definition) is 2. The van der Waals surface area contributed by atoms with Crippen molar-refractivity contribution in [3.8, 4) is 0 Å². The lowest BCUT2D eigenvalue weighted by Gasteiger charge is -2.27. The Balaban J connectivity index is 3.15. The van der Waals surface area contributed by atoms with E-state index in [1.165, 1.54) is 6.07 Å². The first kappa shape index (κ1) is 16.7. The Morgan fingerprint density at radius 2 is 1.95 bits per heavy atom. The van der Waals surface area contributed by atoms with Crippen LogP contribution in [-0.4, -0.2) is 25.5 Å². The normalized spacial score (nSPS) is 14.4. The van der Waals surface area contributed by atoms with Crippen LogP contribution in [0.3, 0.4) is 0 Å². The van der Waals surface area contributed by atoms with Crippen LogP contribution in [-0.2, 0) is 14.8 Å². The van der Waals surface area contributed by atoms with Crippen LogP contribution < -0.4 is 4.72 Å². The number of hydrogen-bond acceptors (Lipinski definition) is 4. The van der Waals surface area contributed by atoms with Crippen molar-refractivity contribution >= 4 is 50.5 Å². The fourth-order valence-electron chi connectivity index (χ4n) is 1.32. The van der Waals surface area contributed by atoms with Crippen molar-refractivity contribution in [1.82, 2.24) is 4.72 Å². The van der Waals surface area contributed by atoms with Gasteiger partial charge in [-0.05, 0) is 11.5 Å². The fraction of sp³-hybridized carbons (Fsp3) is 0.500. The molecule has 0 aliphatic carbocycles. The maximum absolute atomic E-state index is 12.1. The second-order valence-corrected chi connectivity index (χ2v) is 8.92. The van der Waals surface area contributed by atoms with Crippen LogP contribution in [0.25, 0.3) is 0 Å². The van der Waals surface area contributed by atoms with Gasteiger partial charge in [0.25, 0.3) is 0 Å². The molecule has 0 saturated heterocycles. The van der Waals surface area contributed by atoms with E-state index in [1.54, 1.807) is 20.8 Å².